The Kier molecular flexibility index (Phi) is 4.39. The largest absolute Gasteiger partial charge is 0.456 e. The first kappa shape index (κ1) is 22.7. The number of aromatic nitrogens is 4. The van der Waals surface area contributed by atoms with Gasteiger partial charge in [0, 0.05) is 56.5 Å². The minimum absolute atomic E-state index is 0.866. The second-order valence-electron chi connectivity index (χ2n) is 11.0. The van der Waals surface area contributed by atoms with Gasteiger partial charge in [0.2, 0.25) is 0 Å². The topological polar surface area (TPSA) is 48.8 Å². The van der Waals surface area contributed by atoms with Crippen molar-refractivity contribution >= 4 is 76.6 Å². The van der Waals surface area contributed by atoms with Crippen LogP contribution < -0.4 is 0 Å². The predicted octanol–water partition coefficient (Wildman–Crippen LogP) is 9.72. The number of benzene rings is 6. The van der Waals surface area contributed by atoms with E-state index in [2.05, 4.69) is 118 Å². The molecule has 0 saturated carbocycles. The Labute approximate surface area is 244 Å². The van der Waals surface area contributed by atoms with E-state index in [1.54, 1.807) is 12.4 Å². The average Bonchev–Trinajstić information content (AvgIpc) is 3.73. The summed E-state index contributed by atoms with van der Waals surface area (Å²) in [4.78, 5) is 9.95. The first-order valence-corrected chi connectivity index (χ1v) is 14.4. The van der Waals surface area contributed by atoms with Crippen LogP contribution in [0, 0.1) is 0 Å². The van der Waals surface area contributed by atoms with E-state index in [1.165, 1.54) is 0 Å². The Hall–Kier alpha value is -5.94. The minimum Gasteiger partial charge on any atom is -0.456 e. The second-order valence-corrected chi connectivity index (χ2v) is 11.0. The van der Waals surface area contributed by atoms with Crippen LogP contribution in [0.25, 0.3) is 88.0 Å². The van der Waals surface area contributed by atoms with Gasteiger partial charge in [-0.3, -0.25) is 9.97 Å². The Morgan fingerprint density at radius 1 is 0.442 bits per heavy atom. The third-order valence-electron chi connectivity index (χ3n) is 8.78. The molecule has 0 radical (unpaired) electrons. The fraction of sp³-hybridized carbons (Fsp3) is 0. The third-order valence-corrected chi connectivity index (χ3v) is 8.78. The van der Waals surface area contributed by atoms with Crippen LogP contribution in [0.3, 0.4) is 0 Å². The number of fused-ring (bicyclic) bond motifs is 13. The molecule has 4 aromatic heterocycles. The van der Waals surface area contributed by atoms with E-state index in [-0.39, 0.29) is 0 Å². The summed E-state index contributed by atoms with van der Waals surface area (Å²) in [5.74, 6) is 0. The molecule has 10 rings (SSSR count). The van der Waals surface area contributed by atoms with Crippen molar-refractivity contribution in [1.82, 2.24) is 19.1 Å². The van der Waals surface area contributed by atoms with Crippen molar-refractivity contribution in [1.29, 1.82) is 0 Å². The molecule has 0 aliphatic rings. The molecular formula is C38H22N4O. The number of furan rings is 1. The van der Waals surface area contributed by atoms with Crippen molar-refractivity contribution in [2.24, 2.45) is 0 Å². The van der Waals surface area contributed by atoms with Gasteiger partial charge in [0.05, 0.1) is 38.8 Å². The number of para-hydroxylation sites is 4. The van der Waals surface area contributed by atoms with Gasteiger partial charge in [-0.2, -0.15) is 0 Å². The zero-order valence-corrected chi connectivity index (χ0v) is 22.9. The maximum atomic E-state index is 6.37. The molecule has 0 saturated heterocycles. The molecule has 5 nitrogen and oxygen atoms in total. The van der Waals surface area contributed by atoms with E-state index in [9.17, 15) is 0 Å². The van der Waals surface area contributed by atoms with E-state index in [4.69, 9.17) is 14.4 Å². The Morgan fingerprint density at radius 2 is 0.977 bits per heavy atom. The first-order valence-electron chi connectivity index (χ1n) is 14.4. The van der Waals surface area contributed by atoms with Gasteiger partial charge in [-0.15, -0.1) is 0 Å². The van der Waals surface area contributed by atoms with E-state index >= 15 is 0 Å². The molecule has 0 bridgehead atoms. The highest BCUT2D eigenvalue weighted by Crippen LogP contribution is 2.45. The van der Waals surface area contributed by atoms with Crippen LogP contribution >= 0.6 is 0 Å². The summed E-state index contributed by atoms with van der Waals surface area (Å²) in [7, 11) is 0. The van der Waals surface area contributed by atoms with E-state index in [0.717, 1.165) is 88.0 Å². The van der Waals surface area contributed by atoms with Gasteiger partial charge in [-0.1, -0.05) is 72.8 Å². The molecule has 5 heteroatoms. The molecule has 0 N–H and O–H groups in total. The Bertz CT molecular complexity index is 2730. The van der Waals surface area contributed by atoms with Gasteiger partial charge in [-0.05, 0) is 42.5 Å². The quantitative estimate of drug-likeness (QED) is 0.215. The molecule has 0 fully saturated rings. The molecular weight excluding hydrogens is 528 g/mol. The summed E-state index contributed by atoms with van der Waals surface area (Å²) in [5.41, 5.74) is 10.2. The summed E-state index contributed by atoms with van der Waals surface area (Å²) in [6, 6.07) is 42.6. The second kappa shape index (κ2) is 8.30. The third kappa shape index (κ3) is 2.95. The van der Waals surface area contributed by atoms with Crippen molar-refractivity contribution in [3.63, 3.8) is 0 Å². The highest BCUT2D eigenvalue weighted by Gasteiger charge is 2.25. The number of hydrogen-bond donors (Lipinski definition) is 0. The zero-order valence-electron chi connectivity index (χ0n) is 22.9. The fourth-order valence-corrected chi connectivity index (χ4v) is 7.08. The van der Waals surface area contributed by atoms with Crippen molar-refractivity contribution in [3.05, 3.63) is 134 Å². The van der Waals surface area contributed by atoms with Gasteiger partial charge in [0.15, 0.2) is 0 Å². The van der Waals surface area contributed by atoms with Gasteiger partial charge >= 0.3 is 0 Å². The summed E-state index contributed by atoms with van der Waals surface area (Å²) in [6.45, 7) is 0. The predicted molar refractivity (Wildman–Crippen MR) is 175 cm³/mol. The molecule has 0 atom stereocenters. The summed E-state index contributed by atoms with van der Waals surface area (Å²) in [5, 5.41) is 6.72. The summed E-state index contributed by atoms with van der Waals surface area (Å²) < 4.78 is 11.1. The van der Waals surface area contributed by atoms with E-state index in [0.29, 0.717) is 0 Å². The molecule has 10 aromatic rings. The van der Waals surface area contributed by atoms with Crippen LogP contribution in [0.2, 0.25) is 0 Å². The van der Waals surface area contributed by atoms with Gasteiger partial charge in [-0.25, -0.2) is 0 Å². The first-order chi connectivity index (χ1) is 21.4. The molecule has 4 heterocycles. The standard InChI is InChI=1S/C38H22N4O/c1-2-10-23(11-3-1)41-29-15-7-4-13-27(29)33-35-36(40-21-20-39-35)34-28-14-5-8-16-30(28)42(38(34)37(33)41)24-18-19-26-25-12-6-9-17-31(25)43-32(26)22-24/h1-22H. The number of nitrogens with zero attached hydrogens (tertiary/aromatic N) is 4. The normalized spacial score (nSPS) is 12.2. The summed E-state index contributed by atoms with van der Waals surface area (Å²) in [6.07, 6.45) is 3.60. The maximum absolute atomic E-state index is 6.37. The van der Waals surface area contributed by atoms with Crippen LogP contribution in [0.5, 0.6) is 0 Å². The Morgan fingerprint density at radius 3 is 1.65 bits per heavy atom. The van der Waals surface area contributed by atoms with Crippen molar-refractivity contribution in [3.8, 4) is 11.4 Å². The molecule has 0 spiro atoms. The van der Waals surface area contributed by atoms with Crippen LogP contribution in [-0.4, -0.2) is 19.1 Å². The molecule has 0 aliphatic heterocycles. The molecule has 6 aromatic carbocycles. The van der Waals surface area contributed by atoms with Crippen molar-refractivity contribution < 1.29 is 4.42 Å². The lowest BCUT2D eigenvalue weighted by Gasteiger charge is -2.13. The highest BCUT2D eigenvalue weighted by atomic mass is 16.3. The lowest BCUT2D eigenvalue weighted by molar-refractivity contribution is 0.668. The molecule has 43 heavy (non-hydrogen) atoms. The van der Waals surface area contributed by atoms with Crippen molar-refractivity contribution in [2.75, 3.05) is 0 Å². The molecule has 0 unspecified atom stereocenters. The SMILES string of the molecule is c1ccc(-n2c3ccccc3c3c4nccnc4c4c5ccccc5n(-c5ccc6c(c5)oc5ccccc56)c4c32)cc1. The van der Waals surface area contributed by atoms with Crippen molar-refractivity contribution in [2.45, 2.75) is 0 Å². The van der Waals surface area contributed by atoms with Gasteiger partial charge in [0.1, 0.15) is 11.2 Å². The average molecular weight is 551 g/mol. The van der Waals surface area contributed by atoms with Crippen LogP contribution in [0.4, 0.5) is 0 Å². The minimum atomic E-state index is 0.866. The van der Waals surface area contributed by atoms with E-state index in [1.807, 2.05) is 12.1 Å². The van der Waals surface area contributed by atoms with Gasteiger partial charge in [0.25, 0.3) is 0 Å². The van der Waals surface area contributed by atoms with Crippen LogP contribution in [-0.2, 0) is 0 Å². The monoisotopic (exact) mass is 550 g/mol. The molecule has 200 valence electrons. The van der Waals surface area contributed by atoms with Crippen LogP contribution in [0.15, 0.2) is 138 Å². The number of hydrogen-bond acceptors (Lipinski definition) is 3. The maximum Gasteiger partial charge on any atom is 0.137 e. The van der Waals surface area contributed by atoms with Gasteiger partial charge < -0.3 is 13.6 Å². The Balaban J connectivity index is 1.49. The lowest BCUT2D eigenvalue weighted by atomic mass is 10.1. The van der Waals surface area contributed by atoms with E-state index < -0.39 is 0 Å². The highest BCUT2D eigenvalue weighted by molar-refractivity contribution is 6.35. The fourth-order valence-electron chi connectivity index (χ4n) is 7.08. The molecule has 0 amide bonds. The lowest BCUT2D eigenvalue weighted by Crippen LogP contribution is -1.99. The summed E-state index contributed by atoms with van der Waals surface area (Å²) >= 11 is 0. The smallest absolute Gasteiger partial charge is 0.137 e. The van der Waals surface area contributed by atoms with Crippen LogP contribution in [0.1, 0.15) is 0 Å². The molecule has 0 aliphatic carbocycles. The number of rotatable bonds is 2. The zero-order chi connectivity index (χ0) is 28.1.